The maximum Gasteiger partial charge on any atom is 0.315 e. The lowest BCUT2D eigenvalue weighted by Crippen LogP contribution is -2.45. The van der Waals surface area contributed by atoms with Crippen LogP contribution in [0.25, 0.3) is 0 Å². The van der Waals surface area contributed by atoms with Crippen LogP contribution in [-0.2, 0) is 5.41 Å². The van der Waals surface area contributed by atoms with Crippen molar-refractivity contribution in [3.8, 4) is 0 Å². The number of urea groups is 1. The predicted molar refractivity (Wildman–Crippen MR) is 84.1 cm³/mol. The standard InChI is InChI=1S/C17H23FN2O2/c1-17(2,14-5-3-4-6-15(14)18)11-19-16(22)20-13-8-7-12(9-13)10-21/h3-8,12-13,21H,9-11H2,1-2H3,(H2,19,20,22)/t12-,13+/m0/s1. The van der Waals surface area contributed by atoms with Crippen molar-refractivity contribution in [2.75, 3.05) is 13.2 Å². The fourth-order valence-electron chi connectivity index (χ4n) is 2.64. The average Bonchev–Trinajstić information content (AvgIpc) is 2.93. The second kappa shape index (κ2) is 6.92. The molecule has 0 saturated heterocycles. The largest absolute Gasteiger partial charge is 0.396 e. The van der Waals surface area contributed by atoms with Crippen LogP contribution in [0.3, 0.4) is 0 Å². The molecule has 0 saturated carbocycles. The molecule has 0 aliphatic heterocycles. The molecule has 1 aliphatic rings. The minimum Gasteiger partial charge on any atom is -0.396 e. The van der Waals surface area contributed by atoms with Crippen LogP contribution >= 0.6 is 0 Å². The van der Waals surface area contributed by atoms with Crippen LogP contribution in [-0.4, -0.2) is 30.3 Å². The van der Waals surface area contributed by atoms with Crippen LogP contribution in [0, 0.1) is 11.7 Å². The van der Waals surface area contributed by atoms with Crippen molar-refractivity contribution >= 4 is 6.03 Å². The van der Waals surface area contributed by atoms with E-state index in [1.54, 1.807) is 18.2 Å². The van der Waals surface area contributed by atoms with Gasteiger partial charge in [-0.05, 0) is 18.1 Å². The smallest absolute Gasteiger partial charge is 0.315 e. The average molecular weight is 306 g/mol. The predicted octanol–water partition coefficient (Wildman–Crippen LogP) is 2.34. The summed E-state index contributed by atoms with van der Waals surface area (Å²) < 4.78 is 13.9. The van der Waals surface area contributed by atoms with Crippen molar-refractivity contribution in [1.82, 2.24) is 10.6 Å². The molecule has 22 heavy (non-hydrogen) atoms. The van der Waals surface area contributed by atoms with Crippen LogP contribution < -0.4 is 10.6 Å². The van der Waals surface area contributed by atoms with Gasteiger partial charge in [0.15, 0.2) is 0 Å². The molecule has 2 rings (SSSR count). The molecule has 2 atom stereocenters. The van der Waals surface area contributed by atoms with E-state index in [2.05, 4.69) is 10.6 Å². The Morgan fingerprint density at radius 3 is 2.73 bits per heavy atom. The fraction of sp³-hybridized carbons (Fsp3) is 0.471. The summed E-state index contributed by atoms with van der Waals surface area (Å²) in [5.41, 5.74) is 0.0818. The molecule has 120 valence electrons. The van der Waals surface area contributed by atoms with Gasteiger partial charge in [-0.3, -0.25) is 0 Å². The van der Waals surface area contributed by atoms with Crippen LogP contribution in [0.2, 0.25) is 0 Å². The van der Waals surface area contributed by atoms with Crippen LogP contribution in [0.15, 0.2) is 36.4 Å². The van der Waals surface area contributed by atoms with Gasteiger partial charge in [-0.2, -0.15) is 0 Å². The Hall–Kier alpha value is -1.88. The van der Waals surface area contributed by atoms with E-state index in [0.29, 0.717) is 18.5 Å². The molecular weight excluding hydrogens is 283 g/mol. The third kappa shape index (κ3) is 4.07. The minimum absolute atomic E-state index is 0.0614. The van der Waals surface area contributed by atoms with Gasteiger partial charge in [-0.15, -0.1) is 0 Å². The fourth-order valence-corrected chi connectivity index (χ4v) is 2.64. The number of aliphatic hydroxyl groups is 1. The first-order valence-corrected chi connectivity index (χ1v) is 7.51. The second-order valence-electron chi connectivity index (χ2n) is 6.36. The summed E-state index contributed by atoms with van der Waals surface area (Å²) in [6.07, 6.45) is 4.51. The molecule has 0 unspecified atom stereocenters. The lowest BCUT2D eigenvalue weighted by atomic mass is 9.84. The highest BCUT2D eigenvalue weighted by Crippen LogP contribution is 2.24. The van der Waals surface area contributed by atoms with E-state index in [0.717, 1.165) is 0 Å². The summed E-state index contributed by atoms with van der Waals surface area (Å²) in [5, 5.41) is 14.7. The zero-order valence-corrected chi connectivity index (χ0v) is 13.0. The molecule has 1 aromatic carbocycles. The monoisotopic (exact) mass is 306 g/mol. The van der Waals surface area contributed by atoms with Gasteiger partial charge in [-0.1, -0.05) is 44.2 Å². The molecule has 0 fully saturated rings. The van der Waals surface area contributed by atoms with Gasteiger partial charge in [0.1, 0.15) is 5.82 Å². The number of amides is 2. The maximum atomic E-state index is 13.9. The number of benzene rings is 1. The molecule has 0 bridgehead atoms. The number of carbonyl (C=O) groups is 1. The Morgan fingerprint density at radius 2 is 2.09 bits per heavy atom. The van der Waals surface area contributed by atoms with Crippen molar-refractivity contribution in [3.05, 3.63) is 47.8 Å². The molecule has 0 aromatic heterocycles. The highest BCUT2D eigenvalue weighted by Gasteiger charge is 2.25. The van der Waals surface area contributed by atoms with E-state index >= 15 is 0 Å². The van der Waals surface area contributed by atoms with E-state index in [1.807, 2.05) is 26.0 Å². The molecule has 3 N–H and O–H groups in total. The lowest BCUT2D eigenvalue weighted by Gasteiger charge is -2.26. The van der Waals surface area contributed by atoms with Crippen LogP contribution in [0.4, 0.5) is 9.18 Å². The SMILES string of the molecule is CC(C)(CNC(=O)N[C@@H]1C=C[C@H](CO)C1)c1ccccc1F. The van der Waals surface area contributed by atoms with E-state index in [-0.39, 0.29) is 30.4 Å². The summed E-state index contributed by atoms with van der Waals surface area (Å²) in [7, 11) is 0. The Morgan fingerprint density at radius 1 is 1.36 bits per heavy atom. The zero-order chi connectivity index (χ0) is 16.2. The molecular formula is C17H23FN2O2. The topological polar surface area (TPSA) is 61.4 Å². The summed E-state index contributed by atoms with van der Waals surface area (Å²) in [5.74, 6) is -0.153. The molecule has 1 aliphatic carbocycles. The molecule has 4 nitrogen and oxygen atoms in total. The zero-order valence-electron chi connectivity index (χ0n) is 13.0. The third-order valence-corrected chi connectivity index (χ3v) is 4.02. The molecule has 0 spiro atoms. The Labute approximate surface area is 130 Å². The van der Waals surface area contributed by atoms with Crippen LogP contribution in [0.1, 0.15) is 25.8 Å². The lowest BCUT2D eigenvalue weighted by molar-refractivity contribution is 0.229. The van der Waals surface area contributed by atoms with Crippen molar-refractivity contribution in [2.24, 2.45) is 5.92 Å². The quantitative estimate of drug-likeness (QED) is 0.731. The Bertz CT molecular complexity index is 557. The molecule has 5 heteroatoms. The number of nitrogens with one attached hydrogen (secondary N) is 2. The second-order valence-corrected chi connectivity index (χ2v) is 6.36. The molecule has 0 heterocycles. The van der Waals surface area contributed by atoms with E-state index in [1.165, 1.54) is 6.07 Å². The van der Waals surface area contributed by atoms with Gasteiger partial charge in [0, 0.05) is 30.5 Å². The number of rotatable bonds is 5. The number of halogens is 1. The third-order valence-electron chi connectivity index (χ3n) is 4.02. The highest BCUT2D eigenvalue weighted by molar-refractivity contribution is 5.74. The Kier molecular flexibility index (Phi) is 5.19. The minimum atomic E-state index is -0.498. The van der Waals surface area contributed by atoms with Gasteiger partial charge in [0.05, 0.1) is 0 Å². The normalized spacial score (nSPS) is 20.9. The maximum absolute atomic E-state index is 13.9. The number of hydrogen-bond acceptors (Lipinski definition) is 2. The van der Waals surface area contributed by atoms with Gasteiger partial charge in [0.2, 0.25) is 0 Å². The number of hydrogen-bond donors (Lipinski definition) is 3. The van der Waals surface area contributed by atoms with E-state index < -0.39 is 5.41 Å². The summed E-state index contributed by atoms with van der Waals surface area (Å²) >= 11 is 0. The first-order chi connectivity index (χ1) is 10.4. The van der Waals surface area contributed by atoms with E-state index in [9.17, 15) is 9.18 Å². The first-order valence-electron chi connectivity index (χ1n) is 7.51. The van der Waals surface area contributed by atoms with E-state index in [4.69, 9.17) is 5.11 Å². The molecule has 2 amide bonds. The molecule has 1 aromatic rings. The highest BCUT2D eigenvalue weighted by atomic mass is 19.1. The van der Waals surface area contributed by atoms with Crippen molar-refractivity contribution in [1.29, 1.82) is 0 Å². The summed E-state index contributed by atoms with van der Waals surface area (Å²) in [6.45, 7) is 4.21. The summed E-state index contributed by atoms with van der Waals surface area (Å²) in [4.78, 5) is 11.9. The van der Waals surface area contributed by atoms with Gasteiger partial charge in [-0.25, -0.2) is 9.18 Å². The van der Waals surface area contributed by atoms with Crippen molar-refractivity contribution < 1.29 is 14.3 Å². The Balaban J connectivity index is 1.86. The summed E-state index contributed by atoms with van der Waals surface area (Å²) in [6, 6.07) is 6.26. The number of aliphatic hydroxyl groups excluding tert-OH is 1. The number of carbonyl (C=O) groups excluding carboxylic acids is 1. The van der Waals surface area contributed by atoms with Crippen molar-refractivity contribution in [2.45, 2.75) is 31.7 Å². The van der Waals surface area contributed by atoms with Gasteiger partial charge >= 0.3 is 6.03 Å². The molecule has 0 radical (unpaired) electrons. The van der Waals surface area contributed by atoms with Gasteiger partial charge < -0.3 is 15.7 Å². The van der Waals surface area contributed by atoms with Crippen LogP contribution in [0.5, 0.6) is 0 Å². The van der Waals surface area contributed by atoms with Crippen molar-refractivity contribution in [3.63, 3.8) is 0 Å². The van der Waals surface area contributed by atoms with Gasteiger partial charge in [0.25, 0.3) is 0 Å². The first kappa shape index (κ1) is 16.5.